The Morgan fingerprint density at radius 1 is 0.963 bits per heavy atom. The molecule has 0 bridgehead atoms. The van der Waals surface area contributed by atoms with Gasteiger partial charge in [-0.25, -0.2) is 14.4 Å². The Bertz CT molecular complexity index is 542. The maximum absolute atomic E-state index is 11.7. The quantitative estimate of drug-likeness (QED) is 0.243. The highest BCUT2D eigenvalue weighted by Gasteiger charge is 2.47. The van der Waals surface area contributed by atoms with Crippen LogP contribution < -0.4 is 0 Å². The van der Waals surface area contributed by atoms with Gasteiger partial charge in [0.1, 0.15) is 6.10 Å². The van der Waals surface area contributed by atoms with Gasteiger partial charge in [-0.15, -0.1) is 0 Å². The van der Waals surface area contributed by atoms with Crippen LogP contribution in [0.3, 0.4) is 0 Å². The molecule has 0 aromatic heterocycles. The highest BCUT2D eigenvalue weighted by molar-refractivity contribution is 5.83. The first-order chi connectivity index (χ1) is 12.5. The van der Waals surface area contributed by atoms with Crippen LogP contribution in [-0.4, -0.2) is 62.1 Å². The van der Waals surface area contributed by atoms with Crippen molar-refractivity contribution in [3.63, 3.8) is 0 Å². The van der Waals surface area contributed by atoms with Gasteiger partial charge in [0.15, 0.2) is 18.3 Å². The van der Waals surface area contributed by atoms with E-state index in [1.807, 2.05) is 6.92 Å². The Morgan fingerprint density at radius 2 is 1.48 bits per heavy atom. The second-order valence-corrected chi connectivity index (χ2v) is 5.34. The third-order valence-corrected chi connectivity index (χ3v) is 3.43. The van der Waals surface area contributed by atoms with Crippen molar-refractivity contribution in [1.82, 2.24) is 0 Å². The molecule has 8 heteroatoms. The van der Waals surface area contributed by atoms with Gasteiger partial charge >= 0.3 is 17.9 Å². The summed E-state index contributed by atoms with van der Waals surface area (Å²) in [4.78, 5) is 35.0. The van der Waals surface area contributed by atoms with Crippen molar-refractivity contribution < 1.29 is 38.1 Å². The van der Waals surface area contributed by atoms with E-state index in [0.717, 1.165) is 24.6 Å². The molecule has 1 saturated heterocycles. The predicted molar refractivity (Wildman–Crippen MR) is 97.8 cm³/mol. The molecule has 0 spiro atoms. The molecular formula is C19H28O8. The van der Waals surface area contributed by atoms with E-state index >= 15 is 0 Å². The summed E-state index contributed by atoms with van der Waals surface area (Å²) in [7, 11) is 0. The van der Waals surface area contributed by atoms with Crippen molar-refractivity contribution >= 4 is 17.9 Å². The summed E-state index contributed by atoms with van der Waals surface area (Å²) < 4.78 is 26.8. The van der Waals surface area contributed by atoms with E-state index < -0.39 is 42.3 Å². The Hall–Kier alpha value is -2.45. The maximum Gasteiger partial charge on any atom is 0.330 e. The Labute approximate surface area is 159 Å². The van der Waals surface area contributed by atoms with Crippen LogP contribution >= 0.6 is 0 Å². The fourth-order valence-corrected chi connectivity index (χ4v) is 2.27. The number of ether oxygens (including phenoxy) is 5. The van der Waals surface area contributed by atoms with Crippen molar-refractivity contribution in [2.75, 3.05) is 19.8 Å². The Kier molecular flexibility index (Phi) is 11.7. The zero-order valence-corrected chi connectivity index (χ0v) is 14.8. The first kappa shape index (κ1) is 24.6. The van der Waals surface area contributed by atoms with Crippen LogP contribution in [0, 0.1) is 0 Å². The van der Waals surface area contributed by atoms with Crippen LogP contribution in [0.4, 0.5) is 0 Å². The molecule has 0 aromatic carbocycles. The summed E-state index contributed by atoms with van der Waals surface area (Å²) in [5.74, 6) is -2.23. The highest BCUT2D eigenvalue weighted by atomic mass is 16.6. The third kappa shape index (κ3) is 7.76. The van der Waals surface area contributed by atoms with Crippen LogP contribution in [-0.2, 0) is 38.1 Å². The number of hydrogen-bond acceptors (Lipinski definition) is 8. The Balaban J connectivity index is 0.00000676. The summed E-state index contributed by atoms with van der Waals surface area (Å²) >= 11 is 0. The zero-order chi connectivity index (χ0) is 19.5. The van der Waals surface area contributed by atoms with Crippen LogP contribution in [0.1, 0.15) is 20.8 Å². The van der Waals surface area contributed by atoms with Crippen molar-refractivity contribution in [2.24, 2.45) is 0 Å². The smallest absolute Gasteiger partial charge is 0.330 e. The van der Waals surface area contributed by atoms with Gasteiger partial charge in [-0.3, -0.25) is 0 Å². The molecule has 1 unspecified atom stereocenters. The molecule has 1 rings (SSSR count). The second-order valence-electron chi connectivity index (χ2n) is 5.34. The molecule has 1 aliphatic heterocycles. The molecule has 4 atom stereocenters. The fourth-order valence-electron chi connectivity index (χ4n) is 2.27. The third-order valence-electron chi connectivity index (χ3n) is 3.43. The first-order valence-electron chi connectivity index (χ1n) is 8.15. The molecule has 152 valence electrons. The van der Waals surface area contributed by atoms with E-state index in [4.69, 9.17) is 23.7 Å². The summed E-state index contributed by atoms with van der Waals surface area (Å²) in [5, 5.41) is 0. The summed E-state index contributed by atoms with van der Waals surface area (Å²) in [6.45, 7) is 12.4. The van der Waals surface area contributed by atoms with Crippen molar-refractivity contribution in [3.05, 3.63) is 38.0 Å². The molecule has 8 nitrogen and oxygen atoms in total. The Morgan fingerprint density at radius 3 is 2.00 bits per heavy atom. The molecule has 1 fully saturated rings. The molecule has 0 aromatic rings. The molecule has 0 radical (unpaired) electrons. The fraction of sp³-hybridized carbons (Fsp3) is 0.526. The molecule has 0 N–H and O–H groups in total. The summed E-state index contributed by atoms with van der Waals surface area (Å²) in [6, 6.07) is 0. The molecule has 0 aliphatic carbocycles. The monoisotopic (exact) mass is 384 g/mol. The standard InChI is InChI=1S/C18H24O8.CH4/c1-5-9-22-10-12-17(25-15(20)7-3)18(26-16(21)8-4)13(11-23-12)24-14(19)6-2;/h6-8,12-13,17-18H,2-5,9-11H2,1H3;1H4/t12?,13-,17-,18-;/m1./s1. The number of rotatable bonds is 10. The lowest BCUT2D eigenvalue weighted by molar-refractivity contribution is -0.229. The van der Waals surface area contributed by atoms with E-state index in [1.54, 1.807) is 0 Å². The molecule has 27 heavy (non-hydrogen) atoms. The van der Waals surface area contributed by atoms with Crippen LogP contribution in [0.2, 0.25) is 0 Å². The van der Waals surface area contributed by atoms with Gasteiger partial charge in [0.25, 0.3) is 0 Å². The van der Waals surface area contributed by atoms with Gasteiger partial charge in [0, 0.05) is 24.8 Å². The highest BCUT2D eigenvalue weighted by Crippen LogP contribution is 2.25. The van der Waals surface area contributed by atoms with Gasteiger partial charge in [0.2, 0.25) is 0 Å². The van der Waals surface area contributed by atoms with Crippen molar-refractivity contribution in [3.8, 4) is 0 Å². The van der Waals surface area contributed by atoms with E-state index in [2.05, 4.69) is 19.7 Å². The number of hydrogen-bond donors (Lipinski definition) is 0. The topological polar surface area (TPSA) is 97.4 Å². The minimum absolute atomic E-state index is 0. The second kappa shape index (κ2) is 12.8. The zero-order valence-electron chi connectivity index (χ0n) is 14.8. The lowest BCUT2D eigenvalue weighted by Gasteiger charge is -2.40. The molecule has 1 aliphatic rings. The average molecular weight is 384 g/mol. The lowest BCUT2D eigenvalue weighted by Crippen LogP contribution is -2.58. The van der Waals surface area contributed by atoms with E-state index in [9.17, 15) is 14.4 Å². The lowest BCUT2D eigenvalue weighted by atomic mass is 9.99. The SMILES string of the molecule is C.C=CC(=O)O[C@H]1[C@H](OC(=O)C=C)C(COCCC)OC[C@H]1OC(=O)C=C. The van der Waals surface area contributed by atoms with Gasteiger partial charge < -0.3 is 23.7 Å². The summed E-state index contributed by atoms with van der Waals surface area (Å²) in [5.41, 5.74) is 0. The number of carbonyl (C=O) groups excluding carboxylic acids is 3. The molecule has 0 saturated carbocycles. The number of esters is 3. The van der Waals surface area contributed by atoms with E-state index in [-0.39, 0.29) is 20.6 Å². The van der Waals surface area contributed by atoms with Crippen molar-refractivity contribution in [1.29, 1.82) is 0 Å². The molecular weight excluding hydrogens is 356 g/mol. The largest absolute Gasteiger partial charge is 0.453 e. The molecule has 1 heterocycles. The van der Waals surface area contributed by atoms with Gasteiger partial charge in [0.05, 0.1) is 13.2 Å². The van der Waals surface area contributed by atoms with Crippen LogP contribution in [0.5, 0.6) is 0 Å². The molecule has 0 amide bonds. The normalized spacial score (nSPS) is 23.9. The summed E-state index contributed by atoms with van der Waals surface area (Å²) in [6.07, 6.45) is -0.186. The maximum atomic E-state index is 11.7. The minimum atomic E-state index is -1.10. The first-order valence-corrected chi connectivity index (χ1v) is 8.15. The van der Waals surface area contributed by atoms with E-state index in [1.165, 1.54) is 0 Å². The van der Waals surface area contributed by atoms with Gasteiger partial charge in [-0.1, -0.05) is 34.1 Å². The number of carbonyl (C=O) groups is 3. The van der Waals surface area contributed by atoms with E-state index in [0.29, 0.717) is 6.61 Å². The van der Waals surface area contributed by atoms with Gasteiger partial charge in [-0.2, -0.15) is 0 Å². The van der Waals surface area contributed by atoms with Crippen LogP contribution in [0.15, 0.2) is 38.0 Å². The predicted octanol–water partition coefficient (Wildman–Crippen LogP) is 1.74. The van der Waals surface area contributed by atoms with Crippen LogP contribution in [0.25, 0.3) is 0 Å². The average Bonchev–Trinajstić information content (AvgIpc) is 2.65. The van der Waals surface area contributed by atoms with Crippen molar-refractivity contribution in [2.45, 2.75) is 45.2 Å². The minimum Gasteiger partial charge on any atom is -0.453 e. The van der Waals surface area contributed by atoms with Gasteiger partial charge in [-0.05, 0) is 6.42 Å².